The third-order valence-corrected chi connectivity index (χ3v) is 3.43. The Morgan fingerprint density at radius 2 is 1.87 bits per heavy atom. The molecule has 6 heteroatoms. The van der Waals surface area contributed by atoms with Gasteiger partial charge in [0.2, 0.25) is 0 Å². The monoisotopic (exact) mass is 326 g/mol. The second-order valence-electron chi connectivity index (χ2n) is 4.79. The first-order valence-corrected chi connectivity index (χ1v) is 7.31. The van der Waals surface area contributed by atoms with Crippen molar-refractivity contribution in [1.29, 1.82) is 0 Å². The Hall–Kier alpha value is -2.86. The number of rotatable bonds is 3. The van der Waals surface area contributed by atoms with E-state index in [1.807, 2.05) is 18.2 Å². The molecule has 1 aromatic heterocycles. The molecule has 0 aliphatic heterocycles. The lowest BCUT2D eigenvalue weighted by Crippen LogP contribution is -2.33. The smallest absolute Gasteiger partial charge is 0.293 e. The fourth-order valence-corrected chi connectivity index (χ4v) is 2.31. The molecule has 0 aliphatic carbocycles. The molecule has 3 rings (SSSR count). The third-order valence-electron chi connectivity index (χ3n) is 3.22. The van der Waals surface area contributed by atoms with Gasteiger partial charge in [-0.15, -0.1) is 0 Å². The zero-order chi connectivity index (χ0) is 16.2. The van der Waals surface area contributed by atoms with Gasteiger partial charge in [-0.25, -0.2) is 0 Å². The average molecular weight is 326 g/mol. The third kappa shape index (κ3) is 3.49. The molecule has 0 saturated carbocycles. The van der Waals surface area contributed by atoms with Crippen molar-refractivity contribution in [3.8, 4) is 5.75 Å². The Kier molecular flexibility index (Phi) is 4.25. The highest BCUT2D eigenvalue weighted by Gasteiger charge is 2.13. The summed E-state index contributed by atoms with van der Waals surface area (Å²) < 4.78 is 10.6. The van der Waals surface area contributed by atoms with Crippen LogP contribution in [0.1, 0.15) is 10.6 Å². The standard InChI is InChI=1S/C17H14N2O3S/c1-21-13-8-6-12(7-9-13)18-17(23)19-16(20)15-10-11-4-2-3-5-14(11)22-15/h2-10H,1H3,(H2,18,19,20,23). The summed E-state index contributed by atoms with van der Waals surface area (Å²) in [6.45, 7) is 0. The van der Waals surface area contributed by atoms with Gasteiger partial charge in [0.1, 0.15) is 11.3 Å². The molecular weight excluding hydrogens is 312 g/mol. The van der Waals surface area contributed by atoms with Gasteiger partial charge in [0.05, 0.1) is 7.11 Å². The number of carbonyl (C=O) groups excluding carboxylic acids is 1. The second-order valence-corrected chi connectivity index (χ2v) is 5.19. The maximum Gasteiger partial charge on any atom is 0.293 e. The van der Waals surface area contributed by atoms with Crippen LogP contribution in [0.5, 0.6) is 5.75 Å². The van der Waals surface area contributed by atoms with Crippen LogP contribution in [0.15, 0.2) is 59.0 Å². The van der Waals surface area contributed by atoms with Crippen LogP contribution in [0.25, 0.3) is 11.0 Å². The number of carbonyl (C=O) groups is 1. The molecule has 0 aliphatic rings. The molecule has 2 aromatic carbocycles. The Morgan fingerprint density at radius 3 is 2.57 bits per heavy atom. The van der Waals surface area contributed by atoms with Crippen LogP contribution in [0.2, 0.25) is 0 Å². The van der Waals surface area contributed by atoms with Crippen molar-refractivity contribution in [3.63, 3.8) is 0 Å². The predicted molar refractivity (Wildman–Crippen MR) is 92.9 cm³/mol. The van der Waals surface area contributed by atoms with Gasteiger partial charge in [-0.3, -0.25) is 10.1 Å². The van der Waals surface area contributed by atoms with Gasteiger partial charge in [0.15, 0.2) is 10.9 Å². The Balaban J connectivity index is 1.65. The van der Waals surface area contributed by atoms with Crippen molar-refractivity contribution in [2.45, 2.75) is 0 Å². The van der Waals surface area contributed by atoms with E-state index in [1.165, 1.54) is 0 Å². The van der Waals surface area contributed by atoms with Crippen molar-refractivity contribution in [2.24, 2.45) is 0 Å². The van der Waals surface area contributed by atoms with Crippen molar-refractivity contribution in [3.05, 3.63) is 60.4 Å². The van der Waals surface area contributed by atoms with E-state index in [1.54, 1.807) is 43.5 Å². The fraction of sp³-hybridized carbons (Fsp3) is 0.0588. The average Bonchev–Trinajstić information content (AvgIpc) is 2.99. The first-order valence-electron chi connectivity index (χ1n) is 6.90. The Morgan fingerprint density at radius 1 is 1.13 bits per heavy atom. The number of amides is 1. The van der Waals surface area contributed by atoms with Gasteiger partial charge >= 0.3 is 0 Å². The highest BCUT2D eigenvalue weighted by molar-refractivity contribution is 7.80. The summed E-state index contributed by atoms with van der Waals surface area (Å²) in [5, 5.41) is 6.58. The number of para-hydroxylation sites is 1. The summed E-state index contributed by atoms with van der Waals surface area (Å²) in [6.07, 6.45) is 0. The number of nitrogens with one attached hydrogen (secondary N) is 2. The van der Waals surface area contributed by atoms with Crippen LogP contribution in [-0.2, 0) is 0 Å². The van der Waals surface area contributed by atoms with E-state index in [0.717, 1.165) is 16.8 Å². The van der Waals surface area contributed by atoms with E-state index >= 15 is 0 Å². The second kappa shape index (κ2) is 6.50. The van der Waals surface area contributed by atoms with Crippen LogP contribution in [0.3, 0.4) is 0 Å². The normalized spacial score (nSPS) is 10.3. The minimum atomic E-state index is -0.396. The molecular formula is C17H14N2O3S. The molecule has 0 bridgehead atoms. The van der Waals surface area contributed by atoms with Crippen LogP contribution in [-0.4, -0.2) is 18.1 Å². The zero-order valence-corrected chi connectivity index (χ0v) is 13.1. The van der Waals surface area contributed by atoms with E-state index in [9.17, 15) is 4.79 Å². The number of ether oxygens (including phenoxy) is 1. The minimum Gasteiger partial charge on any atom is -0.497 e. The van der Waals surface area contributed by atoms with Crippen molar-refractivity contribution < 1.29 is 13.9 Å². The molecule has 116 valence electrons. The lowest BCUT2D eigenvalue weighted by molar-refractivity contribution is 0.0953. The molecule has 23 heavy (non-hydrogen) atoms. The van der Waals surface area contributed by atoms with E-state index in [0.29, 0.717) is 5.58 Å². The van der Waals surface area contributed by atoms with Crippen molar-refractivity contribution in [2.75, 3.05) is 12.4 Å². The van der Waals surface area contributed by atoms with E-state index in [2.05, 4.69) is 10.6 Å². The first-order chi connectivity index (χ1) is 11.2. The van der Waals surface area contributed by atoms with Crippen LogP contribution in [0, 0.1) is 0 Å². The van der Waals surface area contributed by atoms with Crippen molar-refractivity contribution in [1.82, 2.24) is 5.32 Å². The number of anilines is 1. The van der Waals surface area contributed by atoms with Gasteiger partial charge in [-0.2, -0.15) is 0 Å². The summed E-state index contributed by atoms with van der Waals surface area (Å²) in [6, 6.07) is 16.3. The number of hydrogen-bond donors (Lipinski definition) is 2. The molecule has 3 aromatic rings. The van der Waals surface area contributed by atoms with Gasteiger partial charge in [0.25, 0.3) is 5.91 Å². The zero-order valence-electron chi connectivity index (χ0n) is 12.3. The van der Waals surface area contributed by atoms with E-state index in [4.69, 9.17) is 21.4 Å². The summed E-state index contributed by atoms with van der Waals surface area (Å²) in [5.41, 5.74) is 1.41. The fourth-order valence-electron chi connectivity index (χ4n) is 2.10. The van der Waals surface area contributed by atoms with E-state index in [-0.39, 0.29) is 10.9 Å². The topological polar surface area (TPSA) is 63.5 Å². The van der Waals surface area contributed by atoms with Gasteiger partial charge in [-0.1, -0.05) is 18.2 Å². The molecule has 0 spiro atoms. The summed E-state index contributed by atoms with van der Waals surface area (Å²) in [7, 11) is 1.60. The predicted octanol–water partition coefficient (Wildman–Crippen LogP) is 3.57. The maximum atomic E-state index is 12.2. The highest BCUT2D eigenvalue weighted by atomic mass is 32.1. The molecule has 1 heterocycles. The number of furan rings is 1. The maximum absolute atomic E-state index is 12.2. The number of fused-ring (bicyclic) bond motifs is 1. The summed E-state index contributed by atoms with van der Waals surface area (Å²) in [5.74, 6) is 0.560. The molecule has 1 amide bonds. The summed E-state index contributed by atoms with van der Waals surface area (Å²) >= 11 is 5.14. The molecule has 2 N–H and O–H groups in total. The number of benzene rings is 2. The largest absolute Gasteiger partial charge is 0.497 e. The highest BCUT2D eigenvalue weighted by Crippen LogP contribution is 2.19. The lowest BCUT2D eigenvalue weighted by Gasteiger charge is -2.09. The first kappa shape index (κ1) is 15.1. The SMILES string of the molecule is COc1ccc(NC(=S)NC(=O)c2cc3ccccc3o2)cc1. The van der Waals surface area contributed by atoms with Gasteiger partial charge < -0.3 is 14.5 Å². The lowest BCUT2D eigenvalue weighted by atomic mass is 10.2. The Bertz CT molecular complexity index is 823. The number of thiocarbonyl (C=S) groups is 1. The minimum absolute atomic E-state index is 0.195. The quantitative estimate of drug-likeness (QED) is 0.721. The van der Waals surface area contributed by atoms with Crippen LogP contribution >= 0.6 is 12.2 Å². The molecule has 0 saturated heterocycles. The molecule has 0 unspecified atom stereocenters. The van der Waals surface area contributed by atoms with Gasteiger partial charge in [0, 0.05) is 11.1 Å². The van der Waals surface area contributed by atoms with Gasteiger partial charge in [-0.05, 0) is 48.6 Å². The molecule has 5 nitrogen and oxygen atoms in total. The Labute approximate surface area is 138 Å². The summed E-state index contributed by atoms with van der Waals surface area (Å²) in [4.78, 5) is 12.2. The van der Waals surface area contributed by atoms with Crippen molar-refractivity contribution >= 4 is 39.9 Å². The number of hydrogen-bond acceptors (Lipinski definition) is 4. The van der Waals surface area contributed by atoms with E-state index < -0.39 is 5.91 Å². The van der Waals surface area contributed by atoms with Crippen LogP contribution in [0.4, 0.5) is 5.69 Å². The molecule has 0 radical (unpaired) electrons. The number of methoxy groups -OCH3 is 1. The molecule has 0 atom stereocenters. The molecule has 0 fully saturated rings. The van der Waals surface area contributed by atoms with Crippen LogP contribution < -0.4 is 15.4 Å².